The number of fused-ring (bicyclic) bond motifs is 29. The molecular formula is C98H55B2N9O4. The molecule has 4 aliphatic heterocycles. The zero-order chi connectivity index (χ0) is 73.2. The van der Waals surface area contributed by atoms with Gasteiger partial charge in [0.15, 0.2) is 0 Å². The largest absolute Gasteiger partial charge is 0.458 e. The van der Waals surface area contributed by atoms with Crippen LogP contribution in [0.4, 0.5) is 0 Å². The SMILES string of the molecule is c1ccc(-n2c3ccccc3n3c4c(ccc5c4c4ccccc4n5-c4cc5c6c(c4)Oc4cc(-c7ccc8c(c7)c7ccccc7n8-c7cccc(-n8c9ccccc9n9c%10ccc%11c%12ccccc%12n(-c%12cc%13c%14c(c%12)Oc%12ccccc%12B%14c%12ccccc%12O%13)c%11c%10nc89)c7)ccc4B6c4ccccc4O5)nc23)cc1. The van der Waals surface area contributed by atoms with Gasteiger partial charge in [-0.05, 0) is 166 Å². The molecule has 27 rings (SSSR count). The molecular weight excluding hydrogens is 1390 g/mol. The van der Waals surface area contributed by atoms with Crippen LogP contribution in [0.5, 0.6) is 46.0 Å². The van der Waals surface area contributed by atoms with E-state index in [1.807, 2.05) is 12.1 Å². The molecule has 0 aliphatic carbocycles. The minimum absolute atomic E-state index is 0.0389. The fourth-order valence-corrected chi connectivity index (χ4v) is 19.9. The lowest BCUT2D eigenvalue weighted by Crippen LogP contribution is -2.57. The zero-order valence-electron chi connectivity index (χ0n) is 60.1. The highest BCUT2D eigenvalue weighted by molar-refractivity contribution is 6.99. The van der Waals surface area contributed by atoms with Crippen molar-refractivity contribution in [1.29, 1.82) is 0 Å². The van der Waals surface area contributed by atoms with Crippen LogP contribution in [0, 0.1) is 0 Å². The summed E-state index contributed by atoms with van der Waals surface area (Å²) in [6.07, 6.45) is 0. The molecule has 0 atom stereocenters. The Balaban J connectivity index is 0.583. The van der Waals surface area contributed by atoms with Crippen LogP contribution in [0.15, 0.2) is 334 Å². The summed E-state index contributed by atoms with van der Waals surface area (Å²) in [4.78, 5) is 11.2. The monoisotopic (exact) mass is 1440 g/mol. The van der Waals surface area contributed by atoms with Gasteiger partial charge >= 0.3 is 0 Å². The molecule has 0 fully saturated rings. The number of benzene rings is 16. The zero-order valence-corrected chi connectivity index (χ0v) is 60.1. The van der Waals surface area contributed by atoms with Crippen LogP contribution in [-0.4, -0.2) is 55.0 Å². The lowest BCUT2D eigenvalue weighted by molar-refractivity contribution is 0.463. The van der Waals surface area contributed by atoms with Crippen molar-refractivity contribution >= 4 is 167 Å². The number of aromatic nitrogens is 9. The summed E-state index contributed by atoms with van der Waals surface area (Å²) in [5.41, 5.74) is 28.1. The smallest absolute Gasteiger partial charge is 0.260 e. The van der Waals surface area contributed by atoms with Crippen LogP contribution in [0.2, 0.25) is 0 Å². The number of para-hydroxylation sites is 11. The number of hydrogen-bond donors (Lipinski definition) is 0. The van der Waals surface area contributed by atoms with Crippen molar-refractivity contribution in [2.45, 2.75) is 0 Å². The topological polar surface area (TPSA) is 96.2 Å². The van der Waals surface area contributed by atoms with Crippen molar-refractivity contribution in [2.75, 3.05) is 0 Å². The Labute approximate surface area is 643 Å². The van der Waals surface area contributed by atoms with Crippen LogP contribution in [0.3, 0.4) is 0 Å². The van der Waals surface area contributed by atoms with E-state index in [0.717, 1.165) is 239 Å². The fraction of sp³-hybridized carbons (Fsp3) is 0. The first-order valence-corrected chi connectivity index (χ1v) is 38.4. The Hall–Kier alpha value is -15.2. The molecule has 15 heteroatoms. The molecule has 7 aromatic heterocycles. The maximum absolute atomic E-state index is 7.38. The Morgan fingerprint density at radius 3 is 1.33 bits per heavy atom. The molecule has 23 aromatic rings. The van der Waals surface area contributed by atoms with Gasteiger partial charge in [-0.3, -0.25) is 17.9 Å². The molecule has 11 heterocycles. The highest BCUT2D eigenvalue weighted by atomic mass is 16.5. The first-order valence-electron chi connectivity index (χ1n) is 38.4. The van der Waals surface area contributed by atoms with Crippen LogP contribution in [0.1, 0.15) is 0 Å². The Kier molecular flexibility index (Phi) is 11.5. The first kappa shape index (κ1) is 59.8. The molecule has 0 radical (unpaired) electrons. The van der Waals surface area contributed by atoms with Gasteiger partial charge < -0.3 is 32.6 Å². The Morgan fingerprint density at radius 2 is 0.673 bits per heavy atom. The molecule has 0 bridgehead atoms. The van der Waals surface area contributed by atoms with Gasteiger partial charge in [-0.2, -0.15) is 0 Å². The normalized spacial score (nSPS) is 13.2. The van der Waals surface area contributed by atoms with Crippen LogP contribution in [0.25, 0.3) is 161 Å². The highest BCUT2D eigenvalue weighted by Gasteiger charge is 2.43. The second kappa shape index (κ2) is 21.8. The van der Waals surface area contributed by atoms with Gasteiger partial charge in [0.25, 0.3) is 13.4 Å². The van der Waals surface area contributed by atoms with Gasteiger partial charge in [-0.25, -0.2) is 9.97 Å². The minimum Gasteiger partial charge on any atom is -0.458 e. The van der Waals surface area contributed by atoms with Gasteiger partial charge in [0, 0.05) is 78.9 Å². The van der Waals surface area contributed by atoms with Gasteiger partial charge in [0.1, 0.15) is 51.5 Å². The molecule has 0 spiro atoms. The highest BCUT2D eigenvalue weighted by Crippen LogP contribution is 2.47. The third kappa shape index (κ3) is 7.95. The molecule has 0 amide bonds. The summed E-state index contributed by atoms with van der Waals surface area (Å²) in [5, 5.41) is 6.78. The van der Waals surface area contributed by atoms with E-state index in [1.165, 1.54) is 0 Å². The average Bonchev–Trinajstić information content (AvgIpc) is 1.64. The molecule has 0 unspecified atom stereocenters. The van der Waals surface area contributed by atoms with Crippen molar-refractivity contribution in [3.05, 3.63) is 334 Å². The summed E-state index contributed by atoms with van der Waals surface area (Å²) < 4.78 is 44.7. The third-order valence-corrected chi connectivity index (χ3v) is 24.5. The van der Waals surface area contributed by atoms with E-state index < -0.39 is 0 Å². The Morgan fingerprint density at radius 1 is 0.230 bits per heavy atom. The van der Waals surface area contributed by atoms with E-state index in [0.29, 0.717) is 0 Å². The van der Waals surface area contributed by atoms with Crippen LogP contribution in [-0.2, 0) is 0 Å². The van der Waals surface area contributed by atoms with Gasteiger partial charge in [-0.1, -0.05) is 176 Å². The maximum Gasteiger partial charge on any atom is 0.260 e. The molecule has 522 valence electrons. The van der Waals surface area contributed by atoms with E-state index >= 15 is 0 Å². The molecule has 0 saturated heterocycles. The molecule has 4 aliphatic rings. The lowest BCUT2D eigenvalue weighted by atomic mass is 9.35. The third-order valence-electron chi connectivity index (χ3n) is 24.5. The molecule has 13 nitrogen and oxygen atoms in total. The van der Waals surface area contributed by atoms with Gasteiger partial charge in [0.05, 0.1) is 88.8 Å². The number of rotatable bonds is 6. The quantitative estimate of drug-likeness (QED) is 0.154. The van der Waals surface area contributed by atoms with E-state index in [1.54, 1.807) is 0 Å². The molecule has 0 saturated carbocycles. The molecule has 0 N–H and O–H groups in total. The van der Waals surface area contributed by atoms with E-state index in [9.17, 15) is 0 Å². The van der Waals surface area contributed by atoms with E-state index in [-0.39, 0.29) is 13.4 Å². The van der Waals surface area contributed by atoms with E-state index in [4.69, 9.17) is 28.9 Å². The summed E-state index contributed by atoms with van der Waals surface area (Å²) in [6.45, 7) is -0.176. The predicted molar refractivity (Wildman–Crippen MR) is 456 cm³/mol. The number of nitrogens with zero attached hydrogens (tertiary/aromatic N) is 9. The molecule has 16 aromatic carbocycles. The second-order valence-corrected chi connectivity index (χ2v) is 30.3. The van der Waals surface area contributed by atoms with Crippen LogP contribution >= 0.6 is 0 Å². The van der Waals surface area contributed by atoms with Crippen molar-refractivity contribution < 1.29 is 18.9 Å². The standard InChI is InChI=1S/C98H55B2N9O4/c1-2-21-58(22-3-1)106-78-35-14-16-37-80(78)109-96-72(101-97(106)109)45-48-81-91(96)66-27-6-12-33-75(66)104(81)61-52-87-93-90(53-61)113-86-50-57(41-44-71(86)100(93)70-30-9-19-40-85(70)110-87)56-42-46-76-67(49-56)64-26-5-10-31-73(64)103(76)59-23-20-24-60(51-59)107-77-34-13-15-36-79(77)108-82-47-43-65-63-25-4-11-32-74(63)105(95(65)94(82)102-98(107)108)62-54-88-92-89(55-62)112-84-39-18-8-29-69(84)99(92)68-28-7-17-38-83(68)111-88/h1-55H. The van der Waals surface area contributed by atoms with Crippen molar-refractivity contribution in [2.24, 2.45) is 0 Å². The lowest BCUT2D eigenvalue weighted by Gasteiger charge is -2.33. The molecule has 113 heavy (non-hydrogen) atoms. The van der Waals surface area contributed by atoms with Gasteiger partial charge in [-0.15, -0.1) is 0 Å². The first-order chi connectivity index (χ1) is 56.0. The number of hydrogen-bond acceptors (Lipinski definition) is 6. The summed E-state index contributed by atoms with van der Waals surface area (Å²) in [7, 11) is 0. The average molecular weight is 1440 g/mol. The number of imidazole rings is 4. The summed E-state index contributed by atoms with van der Waals surface area (Å²) >= 11 is 0. The van der Waals surface area contributed by atoms with Gasteiger partial charge in [0.2, 0.25) is 11.6 Å². The number of ether oxygens (including phenoxy) is 4. The van der Waals surface area contributed by atoms with Crippen LogP contribution < -0.4 is 51.7 Å². The summed E-state index contributed by atoms with van der Waals surface area (Å²) in [6, 6.07) is 120. The summed E-state index contributed by atoms with van der Waals surface area (Å²) in [5.74, 6) is 8.11. The second-order valence-electron chi connectivity index (χ2n) is 30.3. The predicted octanol–water partition coefficient (Wildman–Crippen LogP) is 19.6. The van der Waals surface area contributed by atoms with Crippen molar-refractivity contribution in [3.8, 4) is 85.6 Å². The Bertz CT molecular complexity index is 8190. The minimum atomic E-state index is -0.137. The maximum atomic E-state index is 7.38. The van der Waals surface area contributed by atoms with E-state index in [2.05, 4.69) is 353 Å². The fourth-order valence-electron chi connectivity index (χ4n) is 19.9. The van der Waals surface area contributed by atoms with Crippen molar-refractivity contribution in [3.63, 3.8) is 0 Å². The van der Waals surface area contributed by atoms with Crippen molar-refractivity contribution in [1.82, 2.24) is 41.6 Å².